The lowest BCUT2D eigenvalue weighted by Crippen LogP contribution is -2.20. The second-order valence-corrected chi connectivity index (χ2v) is 6.78. The standard InChI is InChI=1S/C17H22ClNO3/c1-21-15-9-14(16(22-2)8-13(15)18)19-17(20)7-12-6-10-3-4-11(12)5-10/h8-12H,3-7H2,1-2H3,(H,19,20). The molecule has 0 aromatic heterocycles. The summed E-state index contributed by atoms with van der Waals surface area (Å²) in [5.74, 6) is 3.26. The van der Waals surface area contributed by atoms with Crippen molar-refractivity contribution in [1.29, 1.82) is 0 Å². The number of halogens is 1. The molecular formula is C17H22ClNO3. The fourth-order valence-electron chi connectivity index (χ4n) is 4.02. The van der Waals surface area contributed by atoms with Gasteiger partial charge in [-0.3, -0.25) is 4.79 Å². The summed E-state index contributed by atoms with van der Waals surface area (Å²) in [5.41, 5.74) is 0.608. The molecule has 3 rings (SSSR count). The lowest BCUT2D eigenvalue weighted by Gasteiger charge is -2.21. The predicted molar refractivity (Wildman–Crippen MR) is 86.7 cm³/mol. The maximum Gasteiger partial charge on any atom is 0.224 e. The molecule has 0 radical (unpaired) electrons. The second-order valence-electron chi connectivity index (χ2n) is 6.37. The van der Waals surface area contributed by atoms with Crippen LogP contribution in [0, 0.1) is 17.8 Å². The molecule has 120 valence electrons. The minimum absolute atomic E-state index is 0.0419. The molecule has 0 spiro atoms. The van der Waals surface area contributed by atoms with E-state index in [0.29, 0.717) is 34.5 Å². The molecule has 2 aliphatic rings. The van der Waals surface area contributed by atoms with Crippen molar-refractivity contribution in [3.8, 4) is 11.5 Å². The van der Waals surface area contributed by atoms with E-state index in [2.05, 4.69) is 5.32 Å². The number of anilines is 1. The van der Waals surface area contributed by atoms with Gasteiger partial charge in [0, 0.05) is 18.6 Å². The molecule has 3 atom stereocenters. The predicted octanol–water partition coefficient (Wildman–Crippen LogP) is 4.12. The van der Waals surface area contributed by atoms with E-state index < -0.39 is 0 Å². The summed E-state index contributed by atoms with van der Waals surface area (Å²) < 4.78 is 10.5. The van der Waals surface area contributed by atoms with Gasteiger partial charge >= 0.3 is 0 Å². The zero-order valence-corrected chi connectivity index (χ0v) is 13.8. The van der Waals surface area contributed by atoms with E-state index in [-0.39, 0.29) is 5.91 Å². The van der Waals surface area contributed by atoms with E-state index in [1.807, 2.05) is 0 Å². The Hall–Kier alpha value is -1.42. The summed E-state index contributed by atoms with van der Waals surface area (Å²) in [4.78, 5) is 12.4. The topological polar surface area (TPSA) is 47.6 Å². The molecule has 0 heterocycles. The SMILES string of the molecule is COc1cc(NC(=O)CC2CC3CCC2C3)c(OC)cc1Cl. The van der Waals surface area contributed by atoms with Gasteiger partial charge in [0.15, 0.2) is 0 Å². The van der Waals surface area contributed by atoms with E-state index in [0.717, 1.165) is 11.8 Å². The largest absolute Gasteiger partial charge is 0.495 e. The van der Waals surface area contributed by atoms with E-state index in [9.17, 15) is 4.79 Å². The molecule has 22 heavy (non-hydrogen) atoms. The van der Waals surface area contributed by atoms with E-state index in [1.54, 1.807) is 26.4 Å². The number of nitrogens with one attached hydrogen (secondary N) is 1. The molecule has 2 bridgehead atoms. The lowest BCUT2D eigenvalue weighted by atomic mass is 9.86. The maximum atomic E-state index is 12.4. The first-order chi connectivity index (χ1) is 10.6. The Labute approximate surface area is 136 Å². The van der Waals surface area contributed by atoms with Crippen molar-refractivity contribution >= 4 is 23.2 Å². The Morgan fingerprint density at radius 3 is 2.59 bits per heavy atom. The van der Waals surface area contributed by atoms with Gasteiger partial charge < -0.3 is 14.8 Å². The number of hydrogen-bond acceptors (Lipinski definition) is 3. The first-order valence-corrected chi connectivity index (χ1v) is 8.20. The molecular weight excluding hydrogens is 302 g/mol. The van der Waals surface area contributed by atoms with Gasteiger partial charge in [0.2, 0.25) is 5.91 Å². The van der Waals surface area contributed by atoms with Crippen LogP contribution in [0.3, 0.4) is 0 Å². The molecule has 1 N–H and O–H groups in total. The average molecular weight is 324 g/mol. The Kier molecular flexibility index (Phi) is 4.48. The van der Waals surface area contributed by atoms with Crippen LogP contribution >= 0.6 is 11.6 Å². The van der Waals surface area contributed by atoms with Gasteiger partial charge in [0.25, 0.3) is 0 Å². The highest BCUT2D eigenvalue weighted by Crippen LogP contribution is 2.49. The molecule has 0 aliphatic heterocycles. The monoisotopic (exact) mass is 323 g/mol. The normalized spacial score (nSPS) is 26.0. The highest BCUT2D eigenvalue weighted by Gasteiger charge is 2.40. The molecule has 0 saturated heterocycles. The van der Waals surface area contributed by atoms with Crippen molar-refractivity contribution in [1.82, 2.24) is 0 Å². The van der Waals surface area contributed by atoms with Gasteiger partial charge in [-0.25, -0.2) is 0 Å². The summed E-state index contributed by atoms with van der Waals surface area (Å²) in [7, 11) is 3.11. The Morgan fingerprint density at radius 2 is 2.00 bits per heavy atom. The number of fused-ring (bicyclic) bond motifs is 2. The van der Waals surface area contributed by atoms with Crippen LogP contribution in [-0.2, 0) is 4.79 Å². The van der Waals surface area contributed by atoms with E-state index >= 15 is 0 Å². The number of methoxy groups -OCH3 is 2. The first kappa shape index (κ1) is 15.5. The summed E-state index contributed by atoms with van der Waals surface area (Å²) in [6.07, 6.45) is 5.76. The van der Waals surface area contributed by atoms with Crippen LogP contribution in [0.1, 0.15) is 32.1 Å². The summed E-state index contributed by atoms with van der Waals surface area (Å²) in [5, 5.41) is 3.41. The Morgan fingerprint density at radius 1 is 1.23 bits per heavy atom. The lowest BCUT2D eigenvalue weighted by molar-refractivity contribution is -0.117. The average Bonchev–Trinajstić information content (AvgIpc) is 3.11. The smallest absolute Gasteiger partial charge is 0.224 e. The number of benzene rings is 1. The van der Waals surface area contributed by atoms with Crippen LogP contribution in [0.4, 0.5) is 5.69 Å². The van der Waals surface area contributed by atoms with E-state index in [1.165, 1.54) is 25.7 Å². The van der Waals surface area contributed by atoms with Gasteiger partial charge in [0.1, 0.15) is 11.5 Å². The summed E-state index contributed by atoms with van der Waals surface area (Å²) in [6.45, 7) is 0. The number of carbonyl (C=O) groups is 1. The molecule has 1 aromatic rings. The number of amides is 1. The number of hydrogen-bond donors (Lipinski definition) is 1. The minimum atomic E-state index is 0.0419. The van der Waals surface area contributed by atoms with Crippen molar-refractivity contribution in [3.05, 3.63) is 17.2 Å². The third-order valence-corrected chi connectivity index (χ3v) is 5.38. The van der Waals surface area contributed by atoms with Crippen LogP contribution < -0.4 is 14.8 Å². The number of ether oxygens (including phenoxy) is 2. The zero-order chi connectivity index (χ0) is 15.7. The maximum absolute atomic E-state index is 12.4. The molecule has 3 unspecified atom stereocenters. The van der Waals surface area contributed by atoms with Crippen LogP contribution in [0.25, 0.3) is 0 Å². The van der Waals surface area contributed by atoms with Gasteiger partial charge in [-0.1, -0.05) is 18.0 Å². The molecule has 1 aromatic carbocycles. The highest BCUT2D eigenvalue weighted by molar-refractivity contribution is 6.32. The van der Waals surface area contributed by atoms with E-state index in [4.69, 9.17) is 21.1 Å². The van der Waals surface area contributed by atoms with Crippen LogP contribution in [0.2, 0.25) is 5.02 Å². The molecule has 4 nitrogen and oxygen atoms in total. The fraction of sp³-hybridized carbons (Fsp3) is 0.588. The molecule has 2 aliphatic carbocycles. The summed E-state index contributed by atoms with van der Waals surface area (Å²) in [6, 6.07) is 3.37. The minimum Gasteiger partial charge on any atom is -0.495 e. The molecule has 2 fully saturated rings. The fourth-order valence-corrected chi connectivity index (χ4v) is 4.25. The second kappa shape index (κ2) is 6.37. The Bertz CT molecular complexity index is 575. The number of carbonyl (C=O) groups excluding carboxylic acids is 1. The quantitative estimate of drug-likeness (QED) is 0.886. The third-order valence-electron chi connectivity index (χ3n) is 5.08. The van der Waals surface area contributed by atoms with Crippen LogP contribution in [0.15, 0.2) is 12.1 Å². The van der Waals surface area contributed by atoms with Gasteiger partial charge in [-0.2, -0.15) is 0 Å². The molecule has 5 heteroatoms. The molecule has 1 amide bonds. The zero-order valence-electron chi connectivity index (χ0n) is 13.0. The third kappa shape index (κ3) is 3.02. The van der Waals surface area contributed by atoms with Crippen LogP contribution in [0.5, 0.6) is 11.5 Å². The van der Waals surface area contributed by atoms with Gasteiger partial charge in [0.05, 0.1) is 24.9 Å². The van der Waals surface area contributed by atoms with Crippen molar-refractivity contribution in [2.24, 2.45) is 17.8 Å². The highest BCUT2D eigenvalue weighted by atomic mass is 35.5. The van der Waals surface area contributed by atoms with Crippen molar-refractivity contribution in [2.75, 3.05) is 19.5 Å². The van der Waals surface area contributed by atoms with Crippen LogP contribution in [-0.4, -0.2) is 20.1 Å². The molecule has 2 saturated carbocycles. The van der Waals surface area contributed by atoms with Crippen molar-refractivity contribution in [2.45, 2.75) is 32.1 Å². The van der Waals surface area contributed by atoms with Crippen molar-refractivity contribution in [3.63, 3.8) is 0 Å². The number of rotatable bonds is 5. The first-order valence-electron chi connectivity index (χ1n) is 7.82. The van der Waals surface area contributed by atoms with Gasteiger partial charge in [-0.15, -0.1) is 0 Å². The van der Waals surface area contributed by atoms with Gasteiger partial charge in [-0.05, 0) is 37.0 Å². The summed E-state index contributed by atoms with van der Waals surface area (Å²) >= 11 is 6.08. The Balaban J connectivity index is 1.68. The van der Waals surface area contributed by atoms with Crippen molar-refractivity contribution < 1.29 is 14.3 Å².